The number of amides is 1. The maximum Gasteiger partial charge on any atom is 0.325 e. The molecule has 1 heterocycles. The zero-order chi connectivity index (χ0) is 16.5. The number of hydrogen-bond donors (Lipinski definition) is 4. The number of rotatable bonds is 4. The Labute approximate surface area is 124 Å². The van der Waals surface area contributed by atoms with E-state index in [2.05, 4.69) is 9.71 Å². The summed E-state index contributed by atoms with van der Waals surface area (Å²) < 4.78 is 26.6. The molecule has 0 bridgehead atoms. The highest BCUT2D eigenvalue weighted by Gasteiger charge is 2.22. The zero-order valence-corrected chi connectivity index (χ0v) is 12.2. The normalized spacial score (nSPS) is 11.1. The quantitative estimate of drug-likeness (QED) is 0.583. The van der Waals surface area contributed by atoms with Crippen molar-refractivity contribution in [2.75, 3.05) is 4.72 Å². The summed E-state index contributed by atoms with van der Waals surface area (Å²) >= 11 is 0. The van der Waals surface area contributed by atoms with Gasteiger partial charge in [0.05, 0.1) is 0 Å². The summed E-state index contributed by atoms with van der Waals surface area (Å²) in [4.78, 5) is 37.2. The van der Waals surface area contributed by atoms with E-state index >= 15 is 0 Å². The van der Waals surface area contributed by atoms with Gasteiger partial charge in [-0.05, 0) is 31.2 Å². The van der Waals surface area contributed by atoms with E-state index in [0.29, 0.717) is 0 Å². The molecule has 22 heavy (non-hydrogen) atoms. The van der Waals surface area contributed by atoms with Crippen molar-refractivity contribution < 1.29 is 13.2 Å². The Balaban J connectivity index is 2.42. The topological polar surface area (TPSA) is 155 Å². The second kappa shape index (κ2) is 5.48. The first-order valence-electron chi connectivity index (χ1n) is 5.96. The highest BCUT2D eigenvalue weighted by molar-refractivity contribution is 7.92. The lowest BCUT2D eigenvalue weighted by Gasteiger charge is -2.09. The molecule has 0 atom stereocenters. The molecule has 5 N–H and O–H groups in total. The van der Waals surface area contributed by atoms with Crippen molar-refractivity contribution in [2.45, 2.75) is 11.8 Å². The number of sulfonamides is 1. The van der Waals surface area contributed by atoms with Crippen LogP contribution in [0.1, 0.15) is 16.1 Å². The average Bonchev–Trinajstić information content (AvgIpc) is 2.36. The van der Waals surface area contributed by atoms with E-state index in [-0.39, 0.29) is 16.9 Å². The van der Waals surface area contributed by atoms with E-state index < -0.39 is 32.1 Å². The summed E-state index contributed by atoms with van der Waals surface area (Å²) in [6.07, 6.45) is 0. The number of carbonyl (C=O) groups excluding carboxylic acids is 1. The monoisotopic (exact) mass is 324 g/mol. The van der Waals surface area contributed by atoms with Gasteiger partial charge < -0.3 is 10.7 Å². The second-order valence-corrected chi connectivity index (χ2v) is 6.03. The molecular weight excluding hydrogens is 312 g/mol. The minimum absolute atomic E-state index is 0.0880. The van der Waals surface area contributed by atoms with Gasteiger partial charge in [0, 0.05) is 16.9 Å². The van der Waals surface area contributed by atoms with Crippen LogP contribution in [-0.2, 0) is 10.0 Å². The molecule has 0 aliphatic carbocycles. The fourth-order valence-electron chi connectivity index (χ4n) is 1.82. The first-order chi connectivity index (χ1) is 10.2. The minimum Gasteiger partial charge on any atom is -0.366 e. The van der Waals surface area contributed by atoms with Crippen LogP contribution in [0.3, 0.4) is 0 Å². The van der Waals surface area contributed by atoms with Crippen molar-refractivity contribution in [2.24, 2.45) is 5.73 Å². The van der Waals surface area contributed by atoms with Gasteiger partial charge in [0.25, 0.3) is 15.6 Å². The number of aromatic amines is 2. The SMILES string of the molecule is Cc1[nH]c(=O)[nH]c(=O)c1S(=O)(=O)Nc1ccc(C(N)=O)cc1. The zero-order valence-electron chi connectivity index (χ0n) is 11.3. The molecule has 0 fully saturated rings. The van der Waals surface area contributed by atoms with E-state index in [4.69, 9.17) is 5.73 Å². The molecule has 2 rings (SSSR count). The van der Waals surface area contributed by atoms with E-state index in [1.807, 2.05) is 4.98 Å². The van der Waals surface area contributed by atoms with Crippen molar-refractivity contribution >= 4 is 21.6 Å². The summed E-state index contributed by atoms with van der Waals surface area (Å²) in [7, 11) is -4.20. The van der Waals surface area contributed by atoms with Gasteiger partial charge in [-0.2, -0.15) is 0 Å². The van der Waals surface area contributed by atoms with Crippen LogP contribution in [0.2, 0.25) is 0 Å². The molecule has 0 spiro atoms. The van der Waals surface area contributed by atoms with E-state index in [1.54, 1.807) is 0 Å². The Morgan fingerprint density at radius 1 is 1.14 bits per heavy atom. The molecule has 1 aromatic carbocycles. The Morgan fingerprint density at radius 2 is 1.73 bits per heavy atom. The number of hydrogen-bond acceptors (Lipinski definition) is 5. The lowest BCUT2D eigenvalue weighted by Crippen LogP contribution is -2.31. The number of benzene rings is 1. The molecule has 2 aromatic rings. The number of anilines is 1. The van der Waals surface area contributed by atoms with Crippen LogP contribution in [0.4, 0.5) is 5.69 Å². The molecule has 1 amide bonds. The van der Waals surface area contributed by atoms with Gasteiger partial charge in [-0.15, -0.1) is 0 Å². The third-order valence-electron chi connectivity index (χ3n) is 2.77. The highest BCUT2D eigenvalue weighted by Crippen LogP contribution is 2.15. The van der Waals surface area contributed by atoms with Gasteiger partial charge in [0.2, 0.25) is 5.91 Å². The Kier molecular flexibility index (Phi) is 3.87. The van der Waals surface area contributed by atoms with Crippen LogP contribution in [0.25, 0.3) is 0 Å². The molecule has 0 radical (unpaired) electrons. The van der Waals surface area contributed by atoms with Crippen molar-refractivity contribution in [3.05, 3.63) is 56.4 Å². The third kappa shape index (κ3) is 3.06. The summed E-state index contributed by atoms with van der Waals surface area (Å²) in [6.45, 7) is 1.29. The number of H-pyrrole nitrogens is 2. The van der Waals surface area contributed by atoms with Crippen LogP contribution in [-0.4, -0.2) is 24.3 Å². The van der Waals surface area contributed by atoms with E-state index in [0.717, 1.165) is 0 Å². The van der Waals surface area contributed by atoms with Gasteiger partial charge in [-0.25, -0.2) is 13.2 Å². The Morgan fingerprint density at radius 3 is 2.23 bits per heavy atom. The molecule has 1 aromatic heterocycles. The van der Waals surface area contributed by atoms with Crippen LogP contribution in [0, 0.1) is 6.92 Å². The first-order valence-corrected chi connectivity index (χ1v) is 7.45. The highest BCUT2D eigenvalue weighted by atomic mass is 32.2. The number of aryl methyl sites for hydroxylation is 1. The molecule has 0 saturated heterocycles. The van der Waals surface area contributed by atoms with Gasteiger partial charge in [-0.3, -0.25) is 19.3 Å². The molecule has 0 aliphatic rings. The first kappa shape index (κ1) is 15.5. The van der Waals surface area contributed by atoms with Crippen molar-refractivity contribution in [3.63, 3.8) is 0 Å². The molecule has 116 valence electrons. The van der Waals surface area contributed by atoms with Gasteiger partial charge >= 0.3 is 5.69 Å². The molecule has 0 aliphatic heterocycles. The maximum atomic E-state index is 12.2. The number of carbonyl (C=O) groups is 1. The summed E-state index contributed by atoms with van der Waals surface area (Å²) in [5.41, 5.74) is 3.51. The maximum absolute atomic E-state index is 12.2. The lowest BCUT2D eigenvalue weighted by atomic mass is 10.2. The lowest BCUT2D eigenvalue weighted by molar-refractivity contribution is 0.100. The molecule has 0 saturated carbocycles. The van der Waals surface area contributed by atoms with Gasteiger partial charge in [-0.1, -0.05) is 0 Å². The summed E-state index contributed by atoms with van der Waals surface area (Å²) in [5, 5.41) is 0. The summed E-state index contributed by atoms with van der Waals surface area (Å²) in [6, 6.07) is 5.33. The van der Waals surface area contributed by atoms with E-state index in [1.165, 1.54) is 31.2 Å². The second-order valence-electron chi connectivity index (χ2n) is 4.41. The Bertz CT molecular complexity index is 941. The third-order valence-corrected chi connectivity index (χ3v) is 4.30. The summed E-state index contributed by atoms with van der Waals surface area (Å²) in [5.74, 6) is -0.651. The number of primary amides is 1. The molecule has 9 nitrogen and oxygen atoms in total. The average molecular weight is 324 g/mol. The Hall–Kier alpha value is -2.88. The van der Waals surface area contributed by atoms with Crippen LogP contribution >= 0.6 is 0 Å². The van der Waals surface area contributed by atoms with Crippen molar-refractivity contribution in [3.8, 4) is 0 Å². The number of nitrogens with two attached hydrogens (primary N) is 1. The van der Waals surface area contributed by atoms with Crippen LogP contribution < -0.4 is 21.7 Å². The fourth-order valence-corrected chi connectivity index (χ4v) is 3.12. The number of aromatic nitrogens is 2. The van der Waals surface area contributed by atoms with Crippen LogP contribution in [0.15, 0.2) is 38.8 Å². The predicted octanol–water partition coefficient (Wildman–Crippen LogP) is -0.729. The largest absolute Gasteiger partial charge is 0.366 e. The molecular formula is C12H12N4O5S. The van der Waals surface area contributed by atoms with Gasteiger partial charge in [0.1, 0.15) is 0 Å². The predicted molar refractivity (Wildman–Crippen MR) is 78.2 cm³/mol. The van der Waals surface area contributed by atoms with Crippen molar-refractivity contribution in [1.82, 2.24) is 9.97 Å². The minimum atomic E-state index is -4.20. The van der Waals surface area contributed by atoms with Gasteiger partial charge in [0.15, 0.2) is 4.90 Å². The van der Waals surface area contributed by atoms with Crippen LogP contribution in [0.5, 0.6) is 0 Å². The smallest absolute Gasteiger partial charge is 0.325 e. The number of nitrogens with one attached hydrogen (secondary N) is 3. The fraction of sp³-hybridized carbons (Fsp3) is 0.0833. The van der Waals surface area contributed by atoms with Crippen molar-refractivity contribution in [1.29, 1.82) is 0 Å². The molecule has 0 unspecified atom stereocenters. The molecule has 10 heteroatoms. The van der Waals surface area contributed by atoms with E-state index in [9.17, 15) is 22.8 Å². The standard InChI is InChI=1S/C12H12N4O5S/c1-6-9(11(18)15-12(19)14-6)22(20,21)16-8-4-2-7(3-5-8)10(13)17/h2-5,16H,1H3,(H2,13,17)(H2,14,15,18,19).